The highest BCUT2D eigenvalue weighted by Crippen LogP contribution is 2.31. The molecule has 2 rings (SSSR count). The first-order valence-corrected chi connectivity index (χ1v) is 5.69. The van der Waals surface area contributed by atoms with Crippen LogP contribution in [0.1, 0.15) is 18.5 Å². The first-order chi connectivity index (χ1) is 8.06. The molecule has 1 heterocycles. The summed E-state index contributed by atoms with van der Waals surface area (Å²) < 4.78 is 1.94. The molecule has 0 saturated heterocycles. The van der Waals surface area contributed by atoms with Crippen LogP contribution in [0, 0.1) is 0 Å². The lowest BCUT2D eigenvalue weighted by Crippen LogP contribution is -2.20. The summed E-state index contributed by atoms with van der Waals surface area (Å²) in [5.74, 6) is -1.06. The highest BCUT2D eigenvalue weighted by Gasteiger charge is 2.21. The number of rotatable bonds is 3. The number of benzene rings is 1. The van der Waals surface area contributed by atoms with Crippen LogP contribution in [0.2, 0.25) is 5.02 Å². The van der Waals surface area contributed by atoms with Gasteiger partial charge >= 0.3 is 5.97 Å². The maximum absolute atomic E-state index is 11.0. The highest BCUT2D eigenvalue weighted by atomic mass is 35.5. The number of nitrogens with two attached hydrogens (primary N) is 1. The predicted octanol–water partition coefficient (Wildman–Crippen LogP) is 2.40. The zero-order valence-corrected chi connectivity index (χ0v) is 10.1. The van der Waals surface area contributed by atoms with Crippen LogP contribution in [0.5, 0.6) is 0 Å². The molecule has 0 saturated carbocycles. The van der Waals surface area contributed by atoms with E-state index in [2.05, 4.69) is 0 Å². The van der Waals surface area contributed by atoms with E-state index >= 15 is 0 Å². The molecule has 0 spiro atoms. The average molecular weight is 253 g/mol. The molecular formula is C12H13ClN2O2. The number of fused-ring (bicyclic) bond motifs is 1. The summed E-state index contributed by atoms with van der Waals surface area (Å²) in [6.07, 6.45) is 1.76. The quantitative estimate of drug-likeness (QED) is 0.881. The van der Waals surface area contributed by atoms with E-state index in [1.54, 1.807) is 12.3 Å². The molecule has 0 aliphatic carbocycles. The van der Waals surface area contributed by atoms with Crippen LogP contribution in [0.4, 0.5) is 0 Å². The van der Waals surface area contributed by atoms with Gasteiger partial charge in [0, 0.05) is 29.2 Å². The summed E-state index contributed by atoms with van der Waals surface area (Å²) in [5.41, 5.74) is 7.13. The number of aryl methyl sites for hydroxylation is 1. The standard InChI is InChI=1S/C12H13ClN2O2/c1-2-15-6-7(11(14)12(16)17)10-8(13)4-3-5-9(10)15/h3-6,11H,2,14H2,1H3,(H,16,17). The van der Waals surface area contributed by atoms with Gasteiger partial charge in [-0.15, -0.1) is 0 Å². The molecule has 1 aromatic heterocycles. The van der Waals surface area contributed by atoms with Crippen LogP contribution in [-0.2, 0) is 11.3 Å². The largest absolute Gasteiger partial charge is 0.480 e. The van der Waals surface area contributed by atoms with Crippen LogP contribution in [-0.4, -0.2) is 15.6 Å². The maximum atomic E-state index is 11.0. The summed E-state index contributed by atoms with van der Waals surface area (Å²) in [6, 6.07) is 4.43. The van der Waals surface area contributed by atoms with Crippen LogP contribution in [0.25, 0.3) is 10.9 Å². The molecule has 1 unspecified atom stereocenters. The van der Waals surface area contributed by atoms with Crippen molar-refractivity contribution in [2.24, 2.45) is 5.73 Å². The highest BCUT2D eigenvalue weighted by molar-refractivity contribution is 6.35. The molecule has 2 aromatic rings. The van der Waals surface area contributed by atoms with E-state index in [4.69, 9.17) is 22.4 Å². The SMILES string of the molecule is CCn1cc(C(N)C(=O)O)c2c(Cl)cccc21. The number of carbonyl (C=O) groups is 1. The van der Waals surface area contributed by atoms with Crippen LogP contribution >= 0.6 is 11.6 Å². The fourth-order valence-corrected chi connectivity index (χ4v) is 2.25. The van der Waals surface area contributed by atoms with E-state index in [1.165, 1.54) is 0 Å². The summed E-state index contributed by atoms with van der Waals surface area (Å²) >= 11 is 6.12. The predicted molar refractivity (Wildman–Crippen MR) is 67.2 cm³/mol. The number of hydrogen-bond donors (Lipinski definition) is 2. The maximum Gasteiger partial charge on any atom is 0.325 e. The van der Waals surface area contributed by atoms with Crippen LogP contribution in [0.3, 0.4) is 0 Å². The molecule has 5 heteroatoms. The number of carboxylic acid groups (broad SMARTS) is 1. The molecule has 0 amide bonds. The van der Waals surface area contributed by atoms with Gasteiger partial charge in [-0.3, -0.25) is 4.79 Å². The Balaban J connectivity index is 2.75. The van der Waals surface area contributed by atoms with E-state index < -0.39 is 12.0 Å². The Labute approximate surface area is 104 Å². The number of halogens is 1. The minimum atomic E-state index is -1.06. The van der Waals surface area contributed by atoms with Gasteiger partial charge in [0.1, 0.15) is 6.04 Å². The van der Waals surface area contributed by atoms with Gasteiger partial charge in [0.05, 0.1) is 5.02 Å². The zero-order chi connectivity index (χ0) is 12.6. The monoisotopic (exact) mass is 252 g/mol. The minimum absolute atomic E-state index is 0.529. The summed E-state index contributed by atoms with van der Waals surface area (Å²) in [4.78, 5) is 11.0. The van der Waals surface area contributed by atoms with Gasteiger partial charge in [0.25, 0.3) is 0 Å². The first kappa shape index (κ1) is 12.0. The Morgan fingerprint density at radius 2 is 2.29 bits per heavy atom. The lowest BCUT2D eigenvalue weighted by Gasteiger charge is -2.05. The third-order valence-corrected chi connectivity index (χ3v) is 3.14. The average Bonchev–Trinajstić information content (AvgIpc) is 2.68. The van der Waals surface area contributed by atoms with E-state index in [1.807, 2.05) is 23.6 Å². The Bertz CT molecular complexity index is 577. The van der Waals surface area contributed by atoms with Crippen LogP contribution in [0.15, 0.2) is 24.4 Å². The molecule has 1 atom stereocenters. The number of nitrogens with zero attached hydrogens (tertiary/aromatic N) is 1. The topological polar surface area (TPSA) is 68.2 Å². The van der Waals surface area contributed by atoms with Gasteiger partial charge in [-0.25, -0.2) is 0 Å². The van der Waals surface area contributed by atoms with Crippen molar-refractivity contribution in [2.75, 3.05) is 0 Å². The van der Waals surface area contributed by atoms with Gasteiger partial charge in [0.2, 0.25) is 0 Å². The van der Waals surface area contributed by atoms with Crippen molar-refractivity contribution in [3.05, 3.63) is 35.0 Å². The Morgan fingerprint density at radius 1 is 1.59 bits per heavy atom. The van der Waals surface area contributed by atoms with Crippen molar-refractivity contribution >= 4 is 28.5 Å². The van der Waals surface area contributed by atoms with Crippen molar-refractivity contribution in [3.63, 3.8) is 0 Å². The van der Waals surface area contributed by atoms with Gasteiger partial charge in [-0.05, 0) is 19.1 Å². The fraction of sp³-hybridized carbons (Fsp3) is 0.250. The first-order valence-electron chi connectivity index (χ1n) is 5.32. The van der Waals surface area contributed by atoms with E-state index in [0.717, 1.165) is 17.4 Å². The molecule has 3 N–H and O–H groups in total. The molecule has 90 valence electrons. The second-order valence-corrected chi connectivity index (χ2v) is 4.23. The summed E-state index contributed by atoms with van der Waals surface area (Å²) in [7, 11) is 0. The molecular weight excluding hydrogens is 240 g/mol. The second-order valence-electron chi connectivity index (χ2n) is 3.82. The number of hydrogen-bond acceptors (Lipinski definition) is 2. The molecule has 17 heavy (non-hydrogen) atoms. The minimum Gasteiger partial charge on any atom is -0.480 e. The molecule has 4 nitrogen and oxygen atoms in total. The van der Waals surface area contributed by atoms with E-state index in [9.17, 15) is 4.79 Å². The lowest BCUT2D eigenvalue weighted by atomic mass is 10.1. The van der Waals surface area contributed by atoms with Gasteiger partial charge in [0.15, 0.2) is 0 Å². The number of aliphatic carboxylic acids is 1. The van der Waals surface area contributed by atoms with Crippen LogP contribution < -0.4 is 5.73 Å². The molecule has 1 aromatic carbocycles. The van der Waals surface area contributed by atoms with E-state index in [-0.39, 0.29) is 0 Å². The van der Waals surface area contributed by atoms with Gasteiger partial charge in [-0.2, -0.15) is 0 Å². The Hall–Kier alpha value is -1.52. The fourth-order valence-electron chi connectivity index (χ4n) is 1.97. The van der Waals surface area contributed by atoms with Crippen molar-refractivity contribution in [1.82, 2.24) is 4.57 Å². The lowest BCUT2D eigenvalue weighted by molar-refractivity contribution is -0.138. The number of aromatic nitrogens is 1. The summed E-state index contributed by atoms with van der Waals surface area (Å²) in [5, 5.41) is 10.2. The normalized spacial score (nSPS) is 12.9. The number of carboxylic acids is 1. The Kier molecular flexibility index (Phi) is 3.09. The Morgan fingerprint density at radius 3 is 2.88 bits per heavy atom. The van der Waals surface area contributed by atoms with Crippen molar-refractivity contribution in [1.29, 1.82) is 0 Å². The molecule has 0 bridgehead atoms. The van der Waals surface area contributed by atoms with Gasteiger partial charge in [-0.1, -0.05) is 17.7 Å². The zero-order valence-electron chi connectivity index (χ0n) is 9.35. The van der Waals surface area contributed by atoms with Crippen molar-refractivity contribution in [2.45, 2.75) is 19.5 Å². The smallest absolute Gasteiger partial charge is 0.325 e. The second kappa shape index (κ2) is 4.39. The third-order valence-electron chi connectivity index (χ3n) is 2.83. The molecule has 0 radical (unpaired) electrons. The molecule has 0 fully saturated rings. The van der Waals surface area contributed by atoms with E-state index in [0.29, 0.717) is 10.6 Å². The van der Waals surface area contributed by atoms with Crippen molar-refractivity contribution in [3.8, 4) is 0 Å². The summed E-state index contributed by atoms with van der Waals surface area (Å²) in [6.45, 7) is 2.72. The van der Waals surface area contributed by atoms with Gasteiger partial charge < -0.3 is 15.4 Å². The molecule has 0 aliphatic rings. The molecule has 0 aliphatic heterocycles. The van der Waals surface area contributed by atoms with Crippen molar-refractivity contribution < 1.29 is 9.90 Å². The third kappa shape index (κ3) is 1.90.